The maximum Gasteiger partial charge on any atom is 0.350 e. The van der Waals surface area contributed by atoms with Gasteiger partial charge < -0.3 is 29.6 Å². The van der Waals surface area contributed by atoms with Gasteiger partial charge in [-0.15, -0.1) is 11.3 Å². The van der Waals surface area contributed by atoms with Crippen LogP contribution in [-0.4, -0.2) is 56.9 Å². The molecule has 33 heavy (non-hydrogen) atoms. The van der Waals surface area contributed by atoms with Crippen LogP contribution in [0.25, 0.3) is 21.3 Å². The zero-order valence-corrected chi connectivity index (χ0v) is 20.6. The molecule has 4 rings (SSSR count). The van der Waals surface area contributed by atoms with Crippen LogP contribution in [-0.2, 0) is 17.7 Å². The largest absolute Gasteiger partial charge is 0.496 e. The molecule has 0 fully saturated rings. The molecule has 1 aromatic carbocycles. The minimum absolute atomic E-state index is 0.248. The van der Waals surface area contributed by atoms with Gasteiger partial charge in [-0.1, -0.05) is 0 Å². The summed E-state index contributed by atoms with van der Waals surface area (Å²) in [6, 6.07) is 3.69. The number of pyridine rings is 1. The smallest absolute Gasteiger partial charge is 0.350 e. The van der Waals surface area contributed by atoms with Crippen LogP contribution in [0.2, 0.25) is 0 Å². The summed E-state index contributed by atoms with van der Waals surface area (Å²) in [6.07, 6.45) is 0.552. The SMILES string of the molecule is COc1cc(OC)c(-c2c3c(nc4sc(C(=O)OC(C)C)c(N)c24)CCN(C)C3)cc1OC. The summed E-state index contributed by atoms with van der Waals surface area (Å²) in [7, 11) is 6.87. The number of esters is 1. The van der Waals surface area contributed by atoms with Crippen molar-refractivity contribution in [2.45, 2.75) is 32.9 Å². The Kier molecular flexibility index (Phi) is 6.36. The molecule has 3 aromatic rings. The number of ether oxygens (including phenoxy) is 4. The summed E-state index contributed by atoms with van der Waals surface area (Å²) >= 11 is 1.27. The number of hydrogen-bond donors (Lipinski definition) is 1. The summed E-state index contributed by atoms with van der Waals surface area (Å²) in [6.45, 7) is 5.23. The lowest BCUT2D eigenvalue weighted by Gasteiger charge is -2.27. The second kappa shape index (κ2) is 9.07. The maximum absolute atomic E-state index is 12.8. The average Bonchev–Trinajstić information content (AvgIpc) is 3.12. The van der Waals surface area contributed by atoms with Gasteiger partial charge in [-0.05, 0) is 32.5 Å². The quantitative estimate of drug-likeness (QED) is 0.536. The van der Waals surface area contributed by atoms with Gasteiger partial charge in [-0.2, -0.15) is 0 Å². The van der Waals surface area contributed by atoms with E-state index in [0.29, 0.717) is 39.2 Å². The van der Waals surface area contributed by atoms with Gasteiger partial charge in [0.05, 0.1) is 33.1 Å². The van der Waals surface area contributed by atoms with E-state index in [-0.39, 0.29) is 6.10 Å². The van der Waals surface area contributed by atoms with E-state index in [0.717, 1.165) is 40.7 Å². The predicted octanol–water partition coefficient (Wildman–Crippen LogP) is 4.12. The Morgan fingerprint density at radius 2 is 1.79 bits per heavy atom. The number of fused-ring (bicyclic) bond motifs is 2. The summed E-state index contributed by atoms with van der Waals surface area (Å²) in [4.78, 5) is 21.0. The molecule has 0 atom stereocenters. The predicted molar refractivity (Wildman–Crippen MR) is 130 cm³/mol. The fourth-order valence-corrected chi connectivity index (χ4v) is 5.21. The third-order valence-electron chi connectivity index (χ3n) is 5.72. The van der Waals surface area contributed by atoms with Crippen molar-refractivity contribution in [2.24, 2.45) is 0 Å². The van der Waals surface area contributed by atoms with E-state index in [1.54, 1.807) is 27.4 Å². The summed E-state index contributed by atoms with van der Waals surface area (Å²) in [5.41, 5.74) is 10.7. The molecular formula is C24H29N3O5S. The number of nitrogens with zero attached hydrogens (tertiary/aromatic N) is 2. The van der Waals surface area contributed by atoms with E-state index in [1.807, 2.05) is 19.9 Å². The molecule has 2 aromatic heterocycles. The van der Waals surface area contributed by atoms with Crippen LogP contribution < -0.4 is 19.9 Å². The van der Waals surface area contributed by atoms with Gasteiger partial charge in [-0.25, -0.2) is 9.78 Å². The first-order valence-corrected chi connectivity index (χ1v) is 11.5. The molecule has 0 unspecified atom stereocenters. The molecule has 0 aliphatic carbocycles. The van der Waals surface area contributed by atoms with E-state index < -0.39 is 5.97 Å². The Morgan fingerprint density at radius 3 is 2.42 bits per heavy atom. The topological polar surface area (TPSA) is 96.1 Å². The molecule has 2 N–H and O–H groups in total. The molecule has 0 saturated carbocycles. The van der Waals surface area contributed by atoms with Crippen molar-refractivity contribution in [3.05, 3.63) is 28.3 Å². The number of nitrogen functional groups attached to an aromatic ring is 1. The lowest BCUT2D eigenvalue weighted by Crippen LogP contribution is -2.28. The molecular weight excluding hydrogens is 442 g/mol. The number of hydrogen-bond acceptors (Lipinski definition) is 9. The van der Waals surface area contributed by atoms with Gasteiger partial charge in [0.2, 0.25) is 0 Å². The van der Waals surface area contributed by atoms with Crippen LogP contribution in [0, 0.1) is 0 Å². The van der Waals surface area contributed by atoms with Gasteiger partial charge in [0.25, 0.3) is 0 Å². The fraction of sp³-hybridized carbons (Fsp3) is 0.417. The van der Waals surface area contributed by atoms with Crippen molar-refractivity contribution < 1.29 is 23.7 Å². The highest BCUT2D eigenvalue weighted by Gasteiger charge is 2.29. The number of aromatic nitrogens is 1. The molecule has 8 nitrogen and oxygen atoms in total. The zero-order valence-electron chi connectivity index (χ0n) is 19.8. The van der Waals surface area contributed by atoms with Crippen LogP contribution in [0.3, 0.4) is 0 Å². The van der Waals surface area contributed by atoms with Crippen molar-refractivity contribution in [1.82, 2.24) is 9.88 Å². The number of anilines is 1. The van der Waals surface area contributed by atoms with Gasteiger partial charge in [0, 0.05) is 47.8 Å². The summed E-state index contributed by atoms with van der Waals surface area (Å²) in [5, 5.41) is 0.732. The molecule has 0 bridgehead atoms. The van der Waals surface area contributed by atoms with Crippen LogP contribution in [0.5, 0.6) is 17.2 Å². The molecule has 9 heteroatoms. The van der Waals surface area contributed by atoms with Gasteiger partial charge in [0.15, 0.2) is 11.5 Å². The second-order valence-corrected chi connectivity index (χ2v) is 9.29. The van der Waals surface area contributed by atoms with E-state index in [4.69, 9.17) is 29.7 Å². The van der Waals surface area contributed by atoms with Crippen LogP contribution in [0.15, 0.2) is 12.1 Å². The fourth-order valence-electron chi connectivity index (χ4n) is 4.20. The van der Waals surface area contributed by atoms with E-state index in [2.05, 4.69) is 11.9 Å². The Morgan fingerprint density at radius 1 is 1.12 bits per heavy atom. The lowest BCUT2D eigenvalue weighted by molar-refractivity contribution is 0.0385. The molecule has 1 aliphatic heterocycles. The van der Waals surface area contributed by atoms with Gasteiger partial charge >= 0.3 is 5.97 Å². The molecule has 176 valence electrons. The van der Waals surface area contributed by atoms with E-state index in [9.17, 15) is 4.79 Å². The summed E-state index contributed by atoms with van der Waals surface area (Å²) < 4.78 is 22.3. The minimum Gasteiger partial charge on any atom is -0.496 e. The minimum atomic E-state index is -0.439. The van der Waals surface area contributed by atoms with Crippen LogP contribution in [0.1, 0.15) is 34.8 Å². The molecule has 0 saturated heterocycles. The number of likely N-dealkylation sites (N-methyl/N-ethyl adjacent to an activating group) is 1. The third-order valence-corrected chi connectivity index (χ3v) is 6.80. The molecule has 0 amide bonds. The second-order valence-electron chi connectivity index (χ2n) is 8.29. The number of carbonyl (C=O) groups excluding carboxylic acids is 1. The number of methoxy groups -OCH3 is 3. The van der Waals surface area contributed by atoms with Gasteiger partial charge in [0.1, 0.15) is 15.5 Å². The zero-order chi connectivity index (χ0) is 23.9. The molecule has 1 aliphatic rings. The van der Waals surface area contributed by atoms with Crippen molar-refractivity contribution in [3.63, 3.8) is 0 Å². The van der Waals surface area contributed by atoms with E-state index in [1.165, 1.54) is 11.3 Å². The Hall–Kier alpha value is -3.04. The number of nitrogens with two attached hydrogens (primary N) is 1. The molecule has 0 radical (unpaired) electrons. The van der Waals surface area contributed by atoms with E-state index >= 15 is 0 Å². The first kappa shape index (κ1) is 23.1. The molecule has 0 spiro atoms. The summed E-state index contributed by atoms with van der Waals surface area (Å²) in [5.74, 6) is 1.32. The number of benzene rings is 1. The normalized spacial score (nSPS) is 13.8. The Balaban J connectivity index is 2.07. The lowest BCUT2D eigenvalue weighted by atomic mass is 9.91. The van der Waals surface area contributed by atoms with Crippen molar-refractivity contribution in [3.8, 4) is 28.4 Å². The standard InChI is InChI=1S/C24H29N3O5S/c1-12(2)32-24(28)22-21(25)20-19(13-9-17(30-5)18(31-6)10-16(13)29-4)14-11-27(3)8-7-15(14)26-23(20)33-22/h9-10,12H,7-8,11,25H2,1-6H3. The number of thiophene rings is 1. The highest BCUT2D eigenvalue weighted by Crippen LogP contribution is 2.48. The maximum atomic E-state index is 12.8. The van der Waals surface area contributed by atoms with Crippen molar-refractivity contribution in [1.29, 1.82) is 0 Å². The average molecular weight is 472 g/mol. The third kappa shape index (κ3) is 4.06. The first-order valence-electron chi connectivity index (χ1n) is 10.7. The van der Waals surface area contributed by atoms with Crippen LogP contribution >= 0.6 is 11.3 Å². The Labute approximate surface area is 197 Å². The Bertz CT molecular complexity index is 1220. The number of carbonyl (C=O) groups is 1. The monoisotopic (exact) mass is 471 g/mol. The highest BCUT2D eigenvalue weighted by molar-refractivity contribution is 7.21. The van der Waals surface area contributed by atoms with Gasteiger partial charge in [-0.3, -0.25) is 0 Å². The first-order chi connectivity index (χ1) is 15.8. The number of rotatable bonds is 6. The molecule has 3 heterocycles. The van der Waals surface area contributed by atoms with Crippen LogP contribution in [0.4, 0.5) is 5.69 Å². The highest BCUT2D eigenvalue weighted by atomic mass is 32.1. The van der Waals surface area contributed by atoms with Crippen molar-refractivity contribution >= 4 is 33.2 Å². The van der Waals surface area contributed by atoms with Crippen molar-refractivity contribution in [2.75, 3.05) is 40.7 Å².